The van der Waals surface area contributed by atoms with Crippen molar-refractivity contribution in [2.75, 3.05) is 43.5 Å². The molecular weight excluding hydrogens is 410 g/mol. The maximum atomic E-state index is 12.7. The van der Waals surface area contributed by atoms with E-state index in [1.165, 1.54) is 13.4 Å². The number of ether oxygens (including phenoxy) is 2. The molecule has 0 spiro atoms. The first-order chi connectivity index (χ1) is 15.4. The van der Waals surface area contributed by atoms with E-state index >= 15 is 0 Å². The van der Waals surface area contributed by atoms with Gasteiger partial charge in [0, 0.05) is 43.3 Å². The number of nitrogens with one attached hydrogen (secondary N) is 1. The Kier molecular flexibility index (Phi) is 6.16. The van der Waals surface area contributed by atoms with Gasteiger partial charge in [-0.15, -0.1) is 0 Å². The molecule has 2 heterocycles. The molecule has 1 aromatic heterocycles. The number of anilines is 2. The third-order valence-corrected chi connectivity index (χ3v) is 5.26. The Balaban J connectivity index is 1.40. The van der Waals surface area contributed by atoms with Crippen molar-refractivity contribution in [2.24, 2.45) is 0 Å². The molecule has 0 radical (unpaired) electrons. The van der Waals surface area contributed by atoms with Gasteiger partial charge in [-0.25, -0.2) is 14.8 Å². The first-order valence-electron chi connectivity index (χ1n) is 10.5. The summed E-state index contributed by atoms with van der Waals surface area (Å²) in [6.07, 6.45) is 1.60. The lowest BCUT2D eigenvalue weighted by molar-refractivity contribution is 0.208. The molecule has 2 N–H and O–H groups in total. The van der Waals surface area contributed by atoms with Crippen LogP contribution < -0.4 is 19.7 Å². The van der Waals surface area contributed by atoms with Gasteiger partial charge in [0.1, 0.15) is 17.9 Å². The average molecular weight is 438 g/mol. The van der Waals surface area contributed by atoms with Crippen molar-refractivity contribution in [3.63, 3.8) is 0 Å². The number of hydrogen-bond donors (Lipinski definition) is 2. The number of amides is 2. The number of methoxy groups -OCH3 is 1. The lowest BCUT2D eigenvalue weighted by Gasteiger charge is -2.35. The van der Waals surface area contributed by atoms with E-state index < -0.39 is 0 Å². The topological polar surface area (TPSA) is 100 Å². The summed E-state index contributed by atoms with van der Waals surface area (Å²) in [6, 6.07) is 10.5. The molecule has 3 aromatic rings. The number of fused-ring (bicyclic) bond motifs is 1. The minimum atomic E-state index is -0.142. The fourth-order valence-electron chi connectivity index (χ4n) is 3.69. The number of hydrogen-bond acceptors (Lipinski definition) is 7. The van der Waals surface area contributed by atoms with Crippen LogP contribution in [-0.2, 0) is 0 Å². The van der Waals surface area contributed by atoms with Gasteiger partial charge in [-0.3, -0.25) is 0 Å². The van der Waals surface area contributed by atoms with E-state index in [0.717, 1.165) is 22.6 Å². The Morgan fingerprint density at radius 2 is 1.81 bits per heavy atom. The molecule has 4 rings (SSSR count). The van der Waals surface area contributed by atoms with Crippen molar-refractivity contribution in [1.82, 2.24) is 14.9 Å². The van der Waals surface area contributed by atoms with Crippen molar-refractivity contribution in [3.8, 4) is 17.2 Å². The van der Waals surface area contributed by atoms with Crippen LogP contribution in [0.15, 0.2) is 42.7 Å². The molecule has 1 saturated heterocycles. The fraction of sp³-hybridized carbons (Fsp3) is 0.348. The SMILES string of the molecule is COc1cc2ncnc(N3CCN(C(=O)Nc4ccc(OC(C)C)cc4)CC3)c2cc1O. The van der Waals surface area contributed by atoms with Crippen LogP contribution in [0.25, 0.3) is 10.9 Å². The number of benzene rings is 2. The molecule has 168 valence electrons. The predicted molar refractivity (Wildman–Crippen MR) is 123 cm³/mol. The molecule has 32 heavy (non-hydrogen) atoms. The standard InChI is InChI=1S/C23H27N5O4/c1-15(2)32-17-6-4-16(5-7-17)26-23(30)28-10-8-27(9-11-28)22-18-12-20(29)21(31-3)13-19(18)24-14-25-22/h4-7,12-15,29H,8-11H2,1-3H3,(H,26,30). The number of urea groups is 1. The minimum Gasteiger partial charge on any atom is -0.504 e. The van der Waals surface area contributed by atoms with Crippen molar-refractivity contribution in [2.45, 2.75) is 20.0 Å². The molecule has 2 aromatic carbocycles. The quantitative estimate of drug-likeness (QED) is 0.630. The van der Waals surface area contributed by atoms with Crippen molar-refractivity contribution >= 4 is 28.4 Å². The summed E-state index contributed by atoms with van der Waals surface area (Å²) in [4.78, 5) is 25.3. The molecule has 9 heteroatoms. The Hall–Kier alpha value is -3.75. The van der Waals surface area contributed by atoms with Crippen LogP contribution in [0.3, 0.4) is 0 Å². The second-order valence-electron chi connectivity index (χ2n) is 7.83. The van der Waals surface area contributed by atoms with Crippen LogP contribution in [0.2, 0.25) is 0 Å². The van der Waals surface area contributed by atoms with Crippen LogP contribution in [0.1, 0.15) is 13.8 Å². The van der Waals surface area contributed by atoms with Gasteiger partial charge >= 0.3 is 6.03 Å². The van der Waals surface area contributed by atoms with E-state index in [1.54, 1.807) is 17.0 Å². The van der Waals surface area contributed by atoms with Gasteiger partial charge in [-0.1, -0.05) is 0 Å². The van der Waals surface area contributed by atoms with Crippen LogP contribution in [-0.4, -0.2) is 65.4 Å². The Labute approximate surface area is 186 Å². The maximum absolute atomic E-state index is 12.7. The number of aromatic hydroxyl groups is 1. The lowest BCUT2D eigenvalue weighted by atomic mass is 10.2. The molecule has 0 aliphatic carbocycles. The Bertz CT molecular complexity index is 1100. The summed E-state index contributed by atoms with van der Waals surface area (Å²) < 4.78 is 10.8. The Morgan fingerprint density at radius 1 is 1.09 bits per heavy atom. The zero-order valence-corrected chi connectivity index (χ0v) is 18.4. The monoisotopic (exact) mass is 437 g/mol. The number of aromatic nitrogens is 2. The molecule has 0 bridgehead atoms. The minimum absolute atomic E-state index is 0.0406. The third kappa shape index (κ3) is 4.61. The highest BCUT2D eigenvalue weighted by atomic mass is 16.5. The van der Waals surface area contributed by atoms with E-state index in [9.17, 15) is 9.90 Å². The maximum Gasteiger partial charge on any atom is 0.321 e. The summed E-state index contributed by atoms with van der Waals surface area (Å²) in [5.41, 5.74) is 1.41. The highest BCUT2D eigenvalue weighted by Crippen LogP contribution is 2.34. The summed E-state index contributed by atoms with van der Waals surface area (Å²) >= 11 is 0. The summed E-state index contributed by atoms with van der Waals surface area (Å²) in [5.74, 6) is 1.91. The van der Waals surface area contributed by atoms with Crippen molar-refractivity contribution < 1.29 is 19.4 Å². The van der Waals surface area contributed by atoms with Crippen LogP contribution in [0, 0.1) is 0 Å². The first-order valence-corrected chi connectivity index (χ1v) is 10.5. The Morgan fingerprint density at radius 3 is 2.47 bits per heavy atom. The highest BCUT2D eigenvalue weighted by molar-refractivity contribution is 5.92. The molecule has 1 aliphatic rings. The van der Waals surface area contributed by atoms with E-state index in [4.69, 9.17) is 9.47 Å². The van der Waals surface area contributed by atoms with Crippen LogP contribution in [0.5, 0.6) is 17.2 Å². The normalized spacial score (nSPS) is 14.0. The van der Waals surface area contributed by atoms with Gasteiger partial charge in [0.05, 0.1) is 18.7 Å². The molecule has 1 aliphatic heterocycles. The second kappa shape index (κ2) is 9.17. The summed E-state index contributed by atoms with van der Waals surface area (Å²) in [5, 5.41) is 13.9. The molecule has 1 fully saturated rings. The zero-order chi connectivity index (χ0) is 22.7. The van der Waals surface area contributed by atoms with E-state index in [0.29, 0.717) is 37.4 Å². The number of carbonyl (C=O) groups is 1. The number of rotatable bonds is 5. The number of carbonyl (C=O) groups excluding carboxylic acids is 1. The molecular formula is C23H27N5O4. The first kappa shape index (κ1) is 21.5. The van der Waals surface area contributed by atoms with Gasteiger partial charge in [-0.05, 0) is 44.2 Å². The number of phenols is 1. The van der Waals surface area contributed by atoms with E-state index in [1.807, 2.05) is 38.1 Å². The number of phenolic OH excluding ortho intramolecular Hbond substituents is 1. The number of nitrogens with zero attached hydrogens (tertiary/aromatic N) is 4. The lowest BCUT2D eigenvalue weighted by Crippen LogP contribution is -2.50. The highest BCUT2D eigenvalue weighted by Gasteiger charge is 2.24. The molecule has 2 amide bonds. The fourth-order valence-corrected chi connectivity index (χ4v) is 3.69. The summed E-state index contributed by atoms with van der Waals surface area (Å²) in [6.45, 7) is 6.28. The smallest absolute Gasteiger partial charge is 0.321 e. The van der Waals surface area contributed by atoms with E-state index in [-0.39, 0.29) is 17.9 Å². The van der Waals surface area contributed by atoms with Gasteiger partial charge in [0.25, 0.3) is 0 Å². The summed E-state index contributed by atoms with van der Waals surface area (Å²) in [7, 11) is 1.50. The van der Waals surface area contributed by atoms with Crippen molar-refractivity contribution in [3.05, 3.63) is 42.7 Å². The third-order valence-electron chi connectivity index (χ3n) is 5.26. The van der Waals surface area contributed by atoms with Crippen molar-refractivity contribution in [1.29, 1.82) is 0 Å². The molecule has 0 saturated carbocycles. The molecule has 9 nitrogen and oxygen atoms in total. The predicted octanol–water partition coefficient (Wildman–Crippen LogP) is 3.49. The molecule has 0 atom stereocenters. The van der Waals surface area contributed by atoms with Crippen LogP contribution in [0.4, 0.5) is 16.3 Å². The van der Waals surface area contributed by atoms with Gasteiger partial charge in [-0.2, -0.15) is 0 Å². The molecule has 0 unspecified atom stereocenters. The average Bonchev–Trinajstić information content (AvgIpc) is 2.79. The number of piperazine rings is 1. The van der Waals surface area contributed by atoms with Crippen LogP contribution >= 0.6 is 0 Å². The van der Waals surface area contributed by atoms with Gasteiger partial charge in [0.15, 0.2) is 11.5 Å². The zero-order valence-electron chi connectivity index (χ0n) is 18.4. The van der Waals surface area contributed by atoms with Gasteiger partial charge in [0.2, 0.25) is 0 Å². The van der Waals surface area contributed by atoms with E-state index in [2.05, 4.69) is 20.2 Å². The largest absolute Gasteiger partial charge is 0.504 e. The second-order valence-corrected chi connectivity index (χ2v) is 7.83. The van der Waals surface area contributed by atoms with Gasteiger partial charge < -0.3 is 29.7 Å².